The molecule has 1 nitrogen and oxygen atoms in total. The zero-order valence-corrected chi connectivity index (χ0v) is 9.48. The highest BCUT2D eigenvalue weighted by Crippen LogP contribution is 2.28. The summed E-state index contributed by atoms with van der Waals surface area (Å²) in [5.74, 6) is 0.238. The number of halogens is 2. The van der Waals surface area contributed by atoms with Gasteiger partial charge in [0.05, 0.1) is 4.47 Å². The van der Waals surface area contributed by atoms with Crippen LogP contribution in [0.15, 0.2) is 22.7 Å². The van der Waals surface area contributed by atoms with Gasteiger partial charge in [0.2, 0.25) is 0 Å². The fourth-order valence-electron chi connectivity index (χ4n) is 1.95. The molecule has 0 saturated carbocycles. The van der Waals surface area contributed by atoms with Gasteiger partial charge in [-0.1, -0.05) is 12.1 Å². The van der Waals surface area contributed by atoms with Crippen LogP contribution in [0, 0.1) is 5.82 Å². The molecule has 1 fully saturated rings. The van der Waals surface area contributed by atoms with E-state index in [1.165, 1.54) is 0 Å². The molecule has 1 aliphatic rings. The Kier molecular flexibility index (Phi) is 3.19. The van der Waals surface area contributed by atoms with Crippen LogP contribution >= 0.6 is 15.9 Å². The lowest BCUT2D eigenvalue weighted by Gasteiger charge is -2.23. The zero-order chi connectivity index (χ0) is 9.97. The highest BCUT2D eigenvalue weighted by atomic mass is 79.9. The summed E-state index contributed by atoms with van der Waals surface area (Å²) >= 11 is 3.22. The van der Waals surface area contributed by atoms with Gasteiger partial charge in [-0.15, -0.1) is 0 Å². The van der Waals surface area contributed by atoms with Gasteiger partial charge in [0.1, 0.15) is 5.82 Å². The lowest BCUT2D eigenvalue weighted by Crippen LogP contribution is -2.28. The van der Waals surface area contributed by atoms with E-state index in [4.69, 9.17) is 0 Å². The summed E-state index contributed by atoms with van der Waals surface area (Å²) in [5.41, 5.74) is 0.839. The molecule has 0 radical (unpaired) electrons. The van der Waals surface area contributed by atoms with Crippen LogP contribution in [0.5, 0.6) is 0 Å². The van der Waals surface area contributed by atoms with Crippen LogP contribution in [0.4, 0.5) is 4.39 Å². The maximum atomic E-state index is 13.7. The smallest absolute Gasteiger partial charge is 0.140 e. The number of nitrogens with one attached hydrogen (secondary N) is 1. The van der Waals surface area contributed by atoms with E-state index in [0.717, 1.165) is 31.5 Å². The minimum atomic E-state index is -0.0961. The van der Waals surface area contributed by atoms with Crippen LogP contribution < -0.4 is 5.32 Å². The molecule has 1 aromatic carbocycles. The lowest BCUT2D eigenvalue weighted by atomic mass is 9.91. The molecule has 0 amide bonds. The summed E-state index contributed by atoms with van der Waals surface area (Å²) in [6.45, 7) is 1.96. The number of hydrogen-bond donors (Lipinski definition) is 1. The van der Waals surface area contributed by atoms with Crippen molar-refractivity contribution in [2.45, 2.75) is 18.8 Å². The second-order valence-corrected chi connectivity index (χ2v) is 4.54. The number of rotatable bonds is 1. The molecular formula is C11H13BrFN. The molecule has 1 aromatic rings. The standard InChI is InChI=1S/C11H13BrFN/c12-10-5-1-4-9(11(10)13)8-3-2-6-14-7-8/h1,4-5,8,14H,2-3,6-7H2. The van der Waals surface area contributed by atoms with E-state index in [1.807, 2.05) is 12.1 Å². The van der Waals surface area contributed by atoms with Crippen molar-refractivity contribution in [2.75, 3.05) is 13.1 Å². The molecule has 1 unspecified atom stereocenters. The second kappa shape index (κ2) is 4.41. The number of piperidine rings is 1. The molecule has 3 heteroatoms. The number of benzene rings is 1. The molecule has 0 bridgehead atoms. The van der Waals surface area contributed by atoms with E-state index in [9.17, 15) is 4.39 Å². The average molecular weight is 258 g/mol. The highest BCUT2D eigenvalue weighted by molar-refractivity contribution is 9.10. The van der Waals surface area contributed by atoms with Crippen LogP contribution in [0.3, 0.4) is 0 Å². The molecular weight excluding hydrogens is 245 g/mol. The zero-order valence-electron chi connectivity index (χ0n) is 7.89. The van der Waals surface area contributed by atoms with Gasteiger partial charge in [0.25, 0.3) is 0 Å². The van der Waals surface area contributed by atoms with Crippen molar-refractivity contribution < 1.29 is 4.39 Å². The predicted molar refractivity (Wildman–Crippen MR) is 58.9 cm³/mol. The molecule has 1 heterocycles. The minimum Gasteiger partial charge on any atom is -0.316 e. The normalized spacial score (nSPS) is 22.3. The summed E-state index contributed by atoms with van der Waals surface area (Å²) in [4.78, 5) is 0. The fourth-order valence-corrected chi connectivity index (χ4v) is 2.33. The van der Waals surface area contributed by atoms with E-state index in [0.29, 0.717) is 10.4 Å². The Bertz CT molecular complexity index is 321. The molecule has 76 valence electrons. The van der Waals surface area contributed by atoms with Crippen molar-refractivity contribution in [3.05, 3.63) is 34.1 Å². The van der Waals surface area contributed by atoms with Crippen LogP contribution in [0.25, 0.3) is 0 Å². The van der Waals surface area contributed by atoms with Crippen LogP contribution in [-0.2, 0) is 0 Å². The first-order valence-electron chi connectivity index (χ1n) is 4.93. The predicted octanol–water partition coefficient (Wildman–Crippen LogP) is 3.06. The van der Waals surface area contributed by atoms with Gasteiger partial charge < -0.3 is 5.32 Å². The molecule has 14 heavy (non-hydrogen) atoms. The summed E-state index contributed by atoms with van der Waals surface area (Å²) in [6.07, 6.45) is 2.22. The quantitative estimate of drug-likeness (QED) is 0.816. The van der Waals surface area contributed by atoms with E-state index in [-0.39, 0.29) is 5.82 Å². The lowest BCUT2D eigenvalue weighted by molar-refractivity contribution is 0.445. The van der Waals surface area contributed by atoms with E-state index in [1.54, 1.807) is 6.07 Å². The minimum absolute atomic E-state index is 0.0961. The Balaban J connectivity index is 2.26. The second-order valence-electron chi connectivity index (χ2n) is 3.69. The van der Waals surface area contributed by atoms with E-state index in [2.05, 4.69) is 21.2 Å². The molecule has 0 spiro atoms. The summed E-state index contributed by atoms with van der Waals surface area (Å²) in [6, 6.07) is 5.53. The summed E-state index contributed by atoms with van der Waals surface area (Å²) < 4.78 is 14.3. The van der Waals surface area contributed by atoms with Gasteiger partial charge in [-0.05, 0) is 52.9 Å². The monoisotopic (exact) mass is 257 g/mol. The fraction of sp³-hybridized carbons (Fsp3) is 0.455. The molecule has 0 aromatic heterocycles. The first kappa shape index (κ1) is 10.1. The number of hydrogen-bond acceptors (Lipinski definition) is 1. The van der Waals surface area contributed by atoms with Crippen molar-refractivity contribution in [1.29, 1.82) is 0 Å². The largest absolute Gasteiger partial charge is 0.316 e. The summed E-state index contributed by atoms with van der Waals surface area (Å²) in [5, 5.41) is 3.30. The van der Waals surface area contributed by atoms with Crippen molar-refractivity contribution in [2.24, 2.45) is 0 Å². The molecule has 0 aliphatic carbocycles. The maximum absolute atomic E-state index is 13.7. The maximum Gasteiger partial charge on any atom is 0.140 e. The van der Waals surface area contributed by atoms with Crippen molar-refractivity contribution >= 4 is 15.9 Å². The van der Waals surface area contributed by atoms with Gasteiger partial charge in [-0.25, -0.2) is 4.39 Å². The molecule has 2 rings (SSSR count). The van der Waals surface area contributed by atoms with Gasteiger partial charge >= 0.3 is 0 Å². The third-order valence-electron chi connectivity index (χ3n) is 2.72. The van der Waals surface area contributed by atoms with Gasteiger partial charge in [-0.3, -0.25) is 0 Å². The van der Waals surface area contributed by atoms with Crippen molar-refractivity contribution in [3.63, 3.8) is 0 Å². The first-order chi connectivity index (χ1) is 6.79. The third-order valence-corrected chi connectivity index (χ3v) is 3.33. The van der Waals surface area contributed by atoms with Gasteiger partial charge in [0, 0.05) is 6.54 Å². The molecule has 1 atom stereocenters. The Morgan fingerprint density at radius 1 is 1.43 bits per heavy atom. The van der Waals surface area contributed by atoms with Gasteiger partial charge in [0.15, 0.2) is 0 Å². The average Bonchev–Trinajstić information content (AvgIpc) is 2.23. The Morgan fingerprint density at radius 3 is 3.00 bits per heavy atom. The third kappa shape index (κ3) is 1.98. The van der Waals surface area contributed by atoms with Crippen LogP contribution in [0.1, 0.15) is 24.3 Å². The van der Waals surface area contributed by atoms with Crippen molar-refractivity contribution in [1.82, 2.24) is 5.32 Å². The van der Waals surface area contributed by atoms with E-state index >= 15 is 0 Å². The van der Waals surface area contributed by atoms with Crippen LogP contribution in [0.2, 0.25) is 0 Å². The molecule has 1 saturated heterocycles. The summed E-state index contributed by atoms with van der Waals surface area (Å²) in [7, 11) is 0. The van der Waals surface area contributed by atoms with Crippen molar-refractivity contribution in [3.8, 4) is 0 Å². The Morgan fingerprint density at radius 2 is 2.29 bits per heavy atom. The first-order valence-corrected chi connectivity index (χ1v) is 5.73. The topological polar surface area (TPSA) is 12.0 Å². The van der Waals surface area contributed by atoms with E-state index < -0.39 is 0 Å². The SMILES string of the molecule is Fc1c(Br)cccc1C1CCCNC1. The van der Waals surface area contributed by atoms with Crippen LogP contribution in [-0.4, -0.2) is 13.1 Å². The Hall–Kier alpha value is -0.410. The Labute approximate surface area is 91.8 Å². The molecule has 1 aliphatic heterocycles. The molecule has 1 N–H and O–H groups in total. The highest BCUT2D eigenvalue weighted by Gasteiger charge is 2.19. The van der Waals surface area contributed by atoms with Gasteiger partial charge in [-0.2, -0.15) is 0 Å².